The predicted octanol–water partition coefficient (Wildman–Crippen LogP) is -0.495. The molecule has 7 nitrogen and oxygen atoms in total. The molecule has 2 rings (SSSR count). The minimum Gasteiger partial charge on any atom is -0.383 e. The molecular weight excluding hydrogens is 246 g/mol. The molecule has 7 heteroatoms. The molecule has 0 spiro atoms. The normalized spacial score (nSPS) is 18.7. The molecule has 0 bridgehead atoms. The minimum absolute atomic E-state index is 0.0521. The zero-order valence-corrected chi connectivity index (χ0v) is 11.3. The van der Waals surface area contributed by atoms with Gasteiger partial charge in [0.05, 0.1) is 12.8 Å². The fourth-order valence-electron chi connectivity index (χ4n) is 2.25. The lowest BCUT2D eigenvalue weighted by Gasteiger charge is -2.25. The molecule has 1 N–H and O–H groups in total. The second-order valence-corrected chi connectivity index (χ2v) is 4.73. The monoisotopic (exact) mass is 267 g/mol. The SMILES string of the molecule is COCCN(CC1CCCN1)C(=O)Cn1ccnn1. The van der Waals surface area contributed by atoms with Gasteiger partial charge in [-0.1, -0.05) is 5.21 Å². The fourth-order valence-corrected chi connectivity index (χ4v) is 2.25. The van der Waals surface area contributed by atoms with Crippen molar-refractivity contribution in [3.63, 3.8) is 0 Å². The van der Waals surface area contributed by atoms with E-state index in [1.165, 1.54) is 6.42 Å². The van der Waals surface area contributed by atoms with Crippen LogP contribution in [0.3, 0.4) is 0 Å². The number of carbonyl (C=O) groups excluding carboxylic acids is 1. The number of aromatic nitrogens is 3. The van der Waals surface area contributed by atoms with Gasteiger partial charge in [0.1, 0.15) is 6.54 Å². The predicted molar refractivity (Wildman–Crippen MR) is 69.5 cm³/mol. The Morgan fingerprint density at radius 1 is 1.63 bits per heavy atom. The Morgan fingerprint density at radius 2 is 2.53 bits per heavy atom. The largest absolute Gasteiger partial charge is 0.383 e. The van der Waals surface area contributed by atoms with Crippen molar-refractivity contribution in [1.82, 2.24) is 25.2 Å². The number of carbonyl (C=O) groups is 1. The Balaban J connectivity index is 1.88. The lowest BCUT2D eigenvalue weighted by molar-refractivity contribution is -0.133. The summed E-state index contributed by atoms with van der Waals surface area (Å²) in [5.74, 6) is 0.0521. The topological polar surface area (TPSA) is 72.3 Å². The van der Waals surface area contributed by atoms with Gasteiger partial charge >= 0.3 is 0 Å². The summed E-state index contributed by atoms with van der Waals surface area (Å²) >= 11 is 0. The Labute approximate surface area is 112 Å². The van der Waals surface area contributed by atoms with Crippen LogP contribution in [0.1, 0.15) is 12.8 Å². The van der Waals surface area contributed by atoms with Gasteiger partial charge in [-0.15, -0.1) is 5.10 Å². The first-order valence-corrected chi connectivity index (χ1v) is 6.64. The quantitative estimate of drug-likeness (QED) is 0.721. The number of nitrogens with one attached hydrogen (secondary N) is 1. The van der Waals surface area contributed by atoms with Crippen LogP contribution < -0.4 is 5.32 Å². The Bertz CT molecular complexity index is 375. The third-order valence-corrected chi connectivity index (χ3v) is 3.29. The summed E-state index contributed by atoms with van der Waals surface area (Å²) in [6.07, 6.45) is 5.58. The molecule has 1 aromatic heterocycles. The van der Waals surface area contributed by atoms with Gasteiger partial charge in [-0.2, -0.15) is 0 Å². The van der Waals surface area contributed by atoms with Gasteiger partial charge in [0, 0.05) is 32.4 Å². The van der Waals surface area contributed by atoms with Crippen LogP contribution in [0.15, 0.2) is 12.4 Å². The maximum atomic E-state index is 12.3. The zero-order chi connectivity index (χ0) is 13.5. The van der Waals surface area contributed by atoms with Gasteiger partial charge in [0.2, 0.25) is 5.91 Å². The highest BCUT2D eigenvalue weighted by Gasteiger charge is 2.21. The molecular formula is C12H21N5O2. The highest BCUT2D eigenvalue weighted by molar-refractivity contribution is 5.75. The number of nitrogens with zero attached hydrogens (tertiary/aromatic N) is 4. The van der Waals surface area contributed by atoms with Gasteiger partial charge in [0.15, 0.2) is 0 Å². The van der Waals surface area contributed by atoms with Crippen LogP contribution in [-0.2, 0) is 16.1 Å². The molecule has 2 heterocycles. The summed E-state index contributed by atoms with van der Waals surface area (Å²) in [4.78, 5) is 14.1. The van der Waals surface area contributed by atoms with Crippen LogP contribution in [0.25, 0.3) is 0 Å². The molecule has 0 aromatic carbocycles. The highest BCUT2D eigenvalue weighted by atomic mass is 16.5. The van der Waals surface area contributed by atoms with Gasteiger partial charge in [0.25, 0.3) is 0 Å². The van der Waals surface area contributed by atoms with Crippen molar-refractivity contribution in [3.05, 3.63) is 12.4 Å². The number of methoxy groups -OCH3 is 1. The van der Waals surface area contributed by atoms with E-state index in [4.69, 9.17) is 4.74 Å². The molecule has 1 amide bonds. The molecule has 1 aliphatic heterocycles. The van der Waals surface area contributed by atoms with Crippen LogP contribution in [0.2, 0.25) is 0 Å². The van der Waals surface area contributed by atoms with Crippen molar-refractivity contribution in [2.24, 2.45) is 0 Å². The van der Waals surface area contributed by atoms with Gasteiger partial charge in [-0.3, -0.25) is 4.79 Å². The third kappa shape index (κ3) is 4.29. The van der Waals surface area contributed by atoms with E-state index in [0.717, 1.165) is 19.5 Å². The fraction of sp³-hybridized carbons (Fsp3) is 0.750. The molecule has 1 atom stereocenters. The standard InChI is InChI=1S/C12H21N5O2/c1-19-8-7-16(9-11-3-2-4-13-11)12(18)10-17-6-5-14-15-17/h5-6,11,13H,2-4,7-10H2,1H3. The minimum atomic E-state index is 0.0521. The van der Waals surface area contributed by atoms with Crippen molar-refractivity contribution in [2.75, 3.05) is 33.4 Å². The van der Waals surface area contributed by atoms with E-state index < -0.39 is 0 Å². The van der Waals surface area contributed by atoms with E-state index in [9.17, 15) is 4.79 Å². The summed E-state index contributed by atoms with van der Waals surface area (Å²) < 4.78 is 6.62. The molecule has 1 aromatic rings. The summed E-state index contributed by atoms with van der Waals surface area (Å²) in [5, 5.41) is 10.9. The number of ether oxygens (including phenoxy) is 1. The average molecular weight is 267 g/mol. The van der Waals surface area contributed by atoms with Crippen molar-refractivity contribution < 1.29 is 9.53 Å². The molecule has 1 fully saturated rings. The van der Waals surface area contributed by atoms with E-state index in [1.807, 2.05) is 4.90 Å². The lowest BCUT2D eigenvalue weighted by atomic mass is 10.2. The summed E-state index contributed by atoms with van der Waals surface area (Å²) in [5.41, 5.74) is 0. The van der Waals surface area contributed by atoms with Crippen LogP contribution in [0.4, 0.5) is 0 Å². The van der Waals surface area contributed by atoms with Gasteiger partial charge in [-0.25, -0.2) is 4.68 Å². The molecule has 1 unspecified atom stereocenters. The number of amides is 1. The smallest absolute Gasteiger partial charge is 0.244 e. The molecule has 106 valence electrons. The third-order valence-electron chi connectivity index (χ3n) is 3.29. The van der Waals surface area contributed by atoms with Crippen LogP contribution in [-0.4, -0.2) is 65.2 Å². The first kappa shape index (κ1) is 14.0. The van der Waals surface area contributed by atoms with Gasteiger partial charge < -0.3 is 15.0 Å². The average Bonchev–Trinajstić information content (AvgIpc) is 3.07. The van der Waals surface area contributed by atoms with Crippen molar-refractivity contribution >= 4 is 5.91 Å². The van der Waals surface area contributed by atoms with Crippen LogP contribution in [0, 0.1) is 0 Å². The van der Waals surface area contributed by atoms with E-state index >= 15 is 0 Å². The zero-order valence-electron chi connectivity index (χ0n) is 11.3. The molecule has 1 saturated heterocycles. The van der Waals surface area contributed by atoms with Crippen molar-refractivity contribution in [1.29, 1.82) is 0 Å². The second kappa shape index (κ2) is 7.20. The van der Waals surface area contributed by atoms with Crippen molar-refractivity contribution in [2.45, 2.75) is 25.4 Å². The van der Waals surface area contributed by atoms with Gasteiger partial charge in [-0.05, 0) is 19.4 Å². The summed E-state index contributed by atoms with van der Waals surface area (Å²) in [6.45, 7) is 3.17. The highest BCUT2D eigenvalue weighted by Crippen LogP contribution is 2.07. The molecule has 1 aliphatic rings. The second-order valence-electron chi connectivity index (χ2n) is 4.73. The Hall–Kier alpha value is -1.47. The van der Waals surface area contributed by atoms with Crippen LogP contribution >= 0.6 is 0 Å². The summed E-state index contributed by atoms with van der Waals surface area (Å²) in [7, 11) is 1.65. The summed E-state index contributed by atoms with van der Waals surface area (Å²) in [6, 6.07) is 0.400. The maximum Gasteiger partial charge on any atom is 0.244 e. The van der Waals surface area contributed by atoms with E-state index in [1.54, 1.807) is 24.2 Å². The maximum absolute atomic E-state index is 12.3. The molecule has 19 heavy (non-hydrogen) atoms. The molecule has 0 saturated carbocycles. The number of hydrogen-bond acceptors (Lipinski definition) is 5. The number of rotatable bonds is 7. The molecule has 0 radical (unpaired) electrons. The Kier molecular flexibility index (Phi) is 5.29. The van der Waals surface area contributed by atoms with Crippen LogP contribution in [0.5, 0.6) is 0 Å². The Morgan fingerprint density at radius 3 is 3.16 bits per heavy atom. The number of hydrogen-bond donors (Lipinski definition) is 1. The van der Waals surface area contributed by atoms with E-state index in [0.29, 0.717) is 19.2 Å². The lowest BCUT2D eigenvalue weighted by Crippen LogP contribution is -2.44. The first-order valence-electron chi connectivity index (χ1n) is 6.64. The van der Waals surface area contributed by atoms with E-state index in [2.05, 4.69) is 15.6 Å². The molecule has 0 aliphatic carbocycles. The first-order chi connectivity index (χ1) is 9.29. The van der Waals surface area contributed by atoms with E-state index in [-0.39, 0.29) is 12.5 Å². The van der Waals surface area contributed by atoms with Crippen molar-refractivity contribution in [3.8, 4) is 0 Å².